The van der Waals surface area contributed by atoms with Gasteiger partial charge in [0.2, 0.25) is 0 Å². The van der Waals surface area contributed by atoms with Crippen LogP contribution in [-0.4, -0.2) is 6.61 Å². The molecule has 106 valence electrons. The van der Waals surface area contributed by atoms with Crippen LogP contribution in [0.1, 0.15) is 33.3 Å². The molecule has 0 aromatic heterocycles. The molecule has 2 aromatic carbocycles. The summed E-state index contributed by atoms with van der Waals surface area (Å²) < 4.78 is 19.6. The van der Waals surface area contributed by atoms with Crippen molar-refractivity contribution >= 4 is 0 Å². The van der Waals surface area contributed by atoms with Gasteiger partial charge in [-0.1, -0.05) is 39.0 Å². The van der Waals surface area contributed by atoms with Crippen LogP contribution in [0.4, 0.5) is 4.39 Å². The van der Waals surface area contributed by atoms with Crippen LogP contribution in [0.5, 0.6) is 5.75 Å². The molecule has 2 rings (SSSR count). The molecule has 0 bridgehead atoms. The Balaban J connectivity index is 2.49. The van der Waals surface area contributed by atoms with Crippen LogP contribution in [0.25, 0.3) is 11.1 Å². The fraction of sp³-hybridized carbons (Fsp3) is 0.333. The van der Waals surface area contributed by atoms with Crippen molar-refractivity contribution in [3.8, 4) is 16.9 Å². The molecule has 0 aliphatic heterocycles. The molecule has 0 heterocycles. The Labute approximate surface area is 120 Å². The van der Waals surface area contributed by atoms with Crippen LogP contribution in [0, 0.1) is 5.82 Å². The average Bonchev–Trinajstić information content (AvgIpc) is 2.38. The van der Waals surface area contributed by atoms with Crippen molar-refractivity contribution in [3.63, 3.8) is 0 Å². The van der Waals surface area contributed by atoms with Crippen molar-refractivity contribution in [2.45, 2.75) is 33.1 Å². The van der Waals surface area contributed by atoms with Crippen molar-refractivity contribution in [1.29, 1.82) is 0 Å². The number of rotatable bonds is 3. The van der Waals surface area contributed by atoms with Crippen LogP contribution in [0.3, 0.4) is 0 Å². The van der Waals surface area contributed by atoms with Gasteiger partial charge >= 0.3 is 0 Å². The zero-order valence-corrected chi connectivity index (χ0v) is 12.5. The zero-order chi connectivity index (χ0) is 14.8. The van der Waals surface area contributed by atoms with E-state index in [0.29, 0.717) is 12.2 Å². The van der Waals surface area contributed by atoms with E-state index < -0.39 is 0 Å². The van der Waals surface area contributed by atoms with Gasteiger partial charge < -0.3 is 4.74 Å². The normalized spacial score (nSPS) is 11.4. The van der Waals surface area contributed by atoms with E-state index in [1.165, 1.54) is 0 Å². The maximum absolute atomic E-state index is 14.1. The Morgan fingerprint density at radius 1 is 1.05 bits per heavy atom. The topological polar surface area (TPSA) is 9.23 Å². The fourth-order valence-corrected chi connectivity index (χ4v) is 2.13. The third-order valence-electron chi connectivity index (χ3n) is 3.29. The molecule has 0 atom stereocenters. The summed E-state index contributed by atoms with van der Waals surface area (Å²) in [5.41, 5.74) is 2.59. The van der Waals surface area contributed by atoms with E-state index in [2.05, 4.69) is 20.8 Å². The average molecular weight is 272 g/mol. The molecule has 0 spiro atoms. The highest BCUT2D eigenvalue weighted by atomic mass is 19.1. The largest absolute Gasteiger partial charge is 0.494 e. The second kappa shape index (κ2) is 5.66. The maximum atomic E-state index is 14.1. The molecule has 0 saturated carbocycles. The molecule has 0 aliphatic rings. The van der Waals surface area contributed by atoms with E-state index in [4.69, 9.17) is 4.74 Å². The smallest absolute Gasteiger partial charge is 0.131 e. The van der Waals surface area contributed by atoms with Gasteiger partial charge in [0.15, 0.2) is 0 Å². The lowest BCUT2D eigenvalue weighted by atomic mass is 9.85. The Kier molecular flexibility index (Phi) is 4.12. The van der Waals surface area contributed by atoms with Crippen molar-refractivity contribution < 1.29 is 9.13 Å². The summed E-state index contributed by atoms with van der Waals surface area (Å²) in [4.78, 5) is 0. The lowest BCUT2D eigenvalue weighted by molar-refractivity contribution is 0.340. The number of halogens is 1. The lowest BCUT2D eigenvalue weighted by Crippen LogP contribution is -2.11. The zero-order valence-electron chi connectivity index (χ0n) is 12.5. The van der Waals surface area contributed by atoms with Gasteiger partial charge in [-0.2, -0.15) is 0 Å². The van der Waals surface area contributed by atoms with E-state index in [1.54, 1.807) is 6.07 Å². The van der Waals surface area contributed by atoms with Crippen molar-refractivity contribution in [2.24, 2.45) is 0 Å². The van der Waals surface area contributed by atoms with Gasteiger partial charge in [0.05, 0.1) is 6.61 Å². The van der Waals surface area contributed by atoms with Gasteiger partial charge in [-0.05, 0) is 47.7 Å². The molecule has 20 heavy (non-hydrogen) atoms. The van der Waals surface area contributed by atoms with Crippen molar-refractivity contribution in [2.75, 3.05) is 6.61 Å². The summed E-state index contributed by atoms with van der Waals surface area (Å²) in [6, 6.07) is 12.9. The van der Waals surface area contributed by atoms with Gasteiger partial charge in [-0.15, -0.1) is 0 Å². The molecule has 2 aromatic rings. The number of ether oxygens (including phenoxy) is 1. The molecule has 0 saturated heterocycles. The Morgan fingerprint density at radius 2 is 1.80 bits per heavy atom. The summed E-state index contributed by atoms with van der Waals surface area (Å²) in [6.45, 7) is 8.92. The molecule has 2 heteroatoms. The first-order chi connectivity index (χ1) is 9.41. The van der Waals surface area contributed by atoms with Crippen LogP contribution in [0.15, 0.2) is 42.5 Å². The first-order valence-electron chi connectivity index (χ1n) is 6.95. The standard InChI is InChI=1S/C18H21FO/c1-5-20-15-8-6-7-13(11-15)16-12-14(18(2,3)4)9-10-17(16)19/h6-12H,5H2,1-4H3. The highest BCUT2D eigenvalue weighted by molar-refractivity contribution is 5.66. The highest BCUT2D eigenvalue weighted by Crippen LogP contribution is 2.31. The molecule has 0 N–H and O–H groups in total. The lowest BCUT2D eigenvalue weighted by Gasteiger charge is -2.20. The van der Waals surface area contributed by atoms with E-state index in [1.807, 2.05) is 43.3 Å². The van der Waals surface area contributed by atoms with Crippen LogP contribution >= 0.6 is 0 Å². The second-order valence-electron chi connectivity index (χ2n) is 5.91. The minimum absolute atomic E-state index is 0.0000209. The summed E-state index contributed by atoms with van der Waals surface area (Å²) in [5, 5.41) is 0. The van der Waals surface area contributed by atoms with E-state index in [-0.39, 0.29) is 11.2 Å². The summed E-state index contributed by atoms with van der Waals surface area (Å²) in [6.07, 6.45) is 0. The van der Waals surface area contributed by atoms with Crippen molar-refractivity contribution in [1.82, 2.24) is 0 Å². The van der Waals surface area contributed by atoms with Gasteiger partial charge in [0.25, 0.3) is 0 Å². The third kappa shape index (κ3) is 3.19. The monoisotopic (exact) mass is 272 g/mol. The minimum Gasteiger partial charge on any atom is -0.494 e. The summed E-state index contributed by atoms with van der Waals surface area (Å²) in [7, 11) is 0. The molecule has 0 amide bonds. The van der Waals surface area contributed by atoms with E-state index in [0.717, 1.165) is 16.9 Å². The summed E-state index contributed by atoms with van der Waals surface area (Å²) in [5.74, 6) is 0.567. The third-order valence-corrected chi connectivity index (χ3v) is 3.29. The van der Waals surface area contributed by atoms with Crippen LogP contribution in [0.2, 0.25) is 0 Å². The molecule has 0 fully saturated rings. The molecular weight excluding hydrogens is 251 g/mol. The van der Waals surface area contributed by atoms with Gasteiger partial charge in [0, 0.05) is 5.56 Å². The predicted octanol–water partition coefficient (Wildman–Crippen LogP) is 5.19. The van der Waals surface area contributed by atoms with Gasteiger partial charge in [-0.3, -0.25) is 0 Å². The van der Waals surface area contributed by atoms with Crippen molar-refractivity contribution in [3.05, 3.63) is 53.8 Å². The molecule has 0 unspecified atom stereocenters. The minimum atomic E-state index is -0.202. The first kappa shape index (κ1) is 14.6. The van der Waals surface area contributed by atoms with Crippen LogP contribution in [-0.2, 0) is 5.41 Å². The molecular formula is C18H21FO. The predicted molar refractivity (Wildman–Crippen MR) is 81.7 cm³/mol. The molecule has 0 radical (unpaired) electrons. The Morgan fingerprint density at radius 3 is 2.45 bits per heavy atom. The Hall–Kier alpha value is -1.83. The quantitative estimate of drug-likeness (QED) is 0.747. The first-order valence-corrected chi connectivity index (χ1v) is 6.95. The maximum Gasteiger partial charge on any atom is 0.131 e. The van der Waals surface area contributed by atoms with E-state index in [9.17, 15) is 4.39 Å². The van der Waals surface area contributed by atoms with Gasteiger partial charge in [0.1, 0.15) is 11.6 Å². The number of hydrogen-bond acceptors (Lipinski definition) is 1. The Bertz CT molecular complexity index is 597. The van der Waals surface area contributed by atoms with Gasteiger partial charge in [-0.25, -0.2) is 4.39 Å². The molecule has 0 aliphatic carbocycles. The SMILES string of the molecule is CCOc1cccc(-c2cc(C(C)(C)C)ccc2F)c1. The molecule has 1 nitrogen and oxygen atoms in total. The number of hydrogen-bond donors (Lipinski definition) is 0. The fourth-order valence-electron chi connectivity index (χ4n) is 2.13. The van der Waals surface area contributed by atoms with E-state index >= 15 is 0 Å². The summed E-state index contributed by atoms with van der Waals surface area (Å²) >= 11 is 0. The number of benzene rings is 2. The highest BCUT2D eigenvalue weighted by Gasteiger charge is 2.16. The second-order valence-corrected chi connectivity index (χ2v) is 5.91. The van der Waals surface area contributed by atoms with Crippen LogP contribution < -0.4 is 4.74 Å².